The lowest BCUT2D eigenvalue weighted by molar-refractivity contribution is 1.07. The van der Waals surface area contributed by atoms with E-state index < -0.39 is 6.04 Å². The molecule has 44 heavy (non-hydrogen) atoms. The van der Waals surface area contributed by atoms with Crippen LogP contribution in [0, 0.1) is 0 Å². The van der Waals surface area contributed by atoms with Gasteiger partial charge in [0.05, 0.1) is 6.85 Å². The van der Waals surface area contributed by atoms with Crippen LogP contribution in [-0.4, -0.2) is 15.0 Å². The molecule has 0 saturated carbocycles. The molecule has 0 atom stereocenters. The monoisotopic (exact) mass is 566 g/mol. The van der Waals surface area contributed by atoms with Crippen LogP contribution in [0.4, 0.5) is 0 Å². The van der Waals surface area contributed by atoms with Gasteiger partial charge < -0.3 is 0 Å². The maximum Gasteiger partial charge on any atom is 0.164 e. The number of fused-ring (bicyclic) bond motifs is 2. The van der Waals surface area contributed by atoms with Crippen molar-refractivity contribution in [2.75, 3.05) is 0 Å². The molecule has 1 heterocycles. The van der Waals surface area contributed by atoms with E-state index in [0.717, 1.165) is 38.6 Å². The molecule has 0 aliphatic heterocycles. The molecule has 0 unspecified atom stereocenters. The molecule has 0 fully saturated rings. The maximum atomic E-state index is 8.40. The van der Waals surface area contributed by atoms with Gasteiger partial charge >= 0.3 is 0 Å². The third kappa shape index (κ3) is 4.91. The smallest absolute Gasteiger partial charge is 0.164 e. The summed E-state index contributed by atoms with van der Waals surface area (Å²) in [5.74, 6) is 1.65. The number of aromatic nitrogens is 3. The Morgan fingerprint density at radius 2 is 0.909 bits per heavy atom. The average molecular weight is 567 g/mol. The lowest BCUT2D eigenvalue weighted by Crippen LogP contribution is -2.00. The summed E-state index contributed by atoms with van der Waals surface area (Å²) < 4.78 is 40.9. The first-order chi connectivity index (χ1) is 23.9. The van der Waals surface area contributed by atoms with Crippen LogP contribution in [0.15, 0.2) is 164 Å². The number of hydrogen-bond donors (Lipinski definition) is 0. The van der Waals surface area contributed by atoms with E-state index >= 15 is 0 Å². The normalized spacial score (nSPS) is 12.8. The molecule has 0 bridgehead atoms. The second-order valence-electron chi connectivity index (χ2n) is 10.6. The lowest BCUT2D eigenvalue weighted by Gasteiger charge is -2.11. The van der Waals surface area contributed by atoms with E-state index in [-0.39, 0.29) is 29.7 Å². The fraction of sp³-hybridized carbons (Fsp3) is 0. The minimum absolute atomic E-state index is 0.179. The molecule has 0 amide bonds. The van der Waals surface area contributed by atoms with Crippen molar-refractivity contribution in [3.05, 3.63) is 164 Å². The second-order valence-corrected chi connectivity index (χ2v) is 10.6. The number of hydrogen-bond acceptors (Lipinski definition) is 3. The Labute approximate surface area is 263 Å². The highest BCUT2D eigenvalue weighted by Gasteiger charge is 2.13. The van der Waals surface area contributed by atoms with Crippen LogP contribution in [0.3, 0.4) is 0 Å². The molecule has 206 valence electrons. The highest BCUT2D eigenvalue weighted by Crippen LogP contribution is 2.32. The van der Waals surface area contributed by atoms with Crippen molar-refractivity contribution in [2.45, 2.75) is 0 Å². The largest absolute Gasteiger partial charge is 0.208 e. The Morgan fingerprint density at radius 3 is 1.66 bits per heavy atom. The van der Waals surface area contributed by atoms with E-state index in [4.69, 9.17) is 21.8 Å². The molecule has 3 nitrogen and oxygen atoms in total. The van der Waals surface area contributed by atoms with Crippen molar-refractivity contribution in [1.29, 1.82) is 0 Å². The van der Waals surface area contributed by atoms with Gasteiger partial charge in [-0.2, -0.15) is 0 Å². The van der Waals surface area contributed by atoms with Crippen molar-refractivity contribution in [3.8, 4) is 56.4 Å². The summed E-state index contributed by atoms with van der Waals surface area (Å²) in [6.45, 7) is 0. The number of benzene rings is 7. The highest BCUT2D eigenvalue weighted by atomic mass is 15.0. The van der Waals surface area contributed by atoms with Gasteiger partial charge in [-0.15, -0.1) is 0 Å². The zero-order valence-corrected chi connectivity index (χ0v) is 23.5. The SMILES string of the molecule is [2H]c1c([2H])c([2H])c(-c2ccc3cc(-c4nc(-c5ccccc5)nc(-c5ccc(-c6cccc7ccccc67)cc5)n4)ccc3c2)c([2H])c1[2H]. The van der Waals surface area contributed by atoms with Crippen molar-refractivity contribution in [3.63, 3.8) is 0 Å². The lowest BCUT2D eigenvalue weighted by atomic mass is 9.97. The molecule has 0 aliphatic rings. The van der Waals surface area contributed by atoms with Crippen molar-refractivity contribution in [1.82, 2.24) is 15.0 Å². The first kappa shape index (κ1) is 20.9. The zero-order chi connectivity index (χ0) is 33.6. The zero-order valence-electron chi connectivity index (χ0n) is 28.5. The predicted octanol–water partition coefficient (Wildman–Crippen LogP) is 10.5. The molecule has 0 radical (unpaired) electrons. The summed E-state index contributed by atoms with van der Waals surface area (Å²) in [7, 11) is 0. The second kappa shape index (κ2) is 11.0. The molecular weight excluding hydrogens is 534 g/mol. The van der Waals surface area contributed by atoms with Gasteiger partial charge in [-0.1, -0.05) is 152 Å². The molecule has 0 N–H and O–H groups in total. The molecule has 1 aromatic heterocycles. The van der Waals surface area contributed by atoms with Gasteiger partial charge in [0.15, 0.2) is 17.5 Å². The predicted molar refractivity (Wildman–Crippen MR) is 182 cm³/mol. The molecule has 8 aromatic rings. The van der Waals surface area contributed by atoms with Gasteiger partial charge in [0, 0.05) is 16.7 Å². The van der Waals surface area contributed by atoms with Crippen molar-refractivity contribution < 1.29 is 6.85 Å². The van der Waals surface area contributed by atoms with Crippen LogP contribution in [-0.2, 0) is 0 Å². The summed E-state index contributed by atoms with van der Waals surface area (Å²) >= 11 is 0. The molecule has 8 rings (SSSR count). The van der Waals surface area contributed by atoms with Crippen LogP contribution in [0.1, 0.15) is 6.85 Å². The molecule has 0 spiro atoms. The summed E-state index contributed by atoms with van der Waals surface area (Å²) in [4.78, 5) is 14.7. The Morgan fingerprint density at radius 1 is 0.364 bits per heavy atom. The Hall–Kier alpha value is -5.93. The van der Waals surface area contributed by atoms with Crippen LogP contribution < -0.4 is 0 Å². The molecular formula is C41H27N3. The van der Waals surface area contributed by atoms with Gasteiger partial charge in [-0.05, 0) is 55.9 Å². The first-order valence-electron chi connectivity index (χ1n) is 16.9. The Balaban J connectivity index is 1.20. The summed E-state index contributed by atoms with van der Waals surface area (Å²) in [6.07, 6.45) is 0. The summed E-state index contributed by atoms with van der Waals surface area (Å²) in [5, 5.41) is 4.15. The third-order valence-corrected chi connectivity index (χ3v) is 7.80. The fourth-order valence-electron chi connectivity index (χ4n) is 5.56. The third-order valence-electron chi connectivity index (χ3n) is 7.80. The Kier molecular flexibility index (Phi) is 5.24. The van der Waals surface area contributed by atoms with Gasteiger partial charge in [0.25, 0.3) is 0 Å². The van der Waals surface area contributed by atoms with Gasteiger partial charge in [-0.25, -0.2) is 15.0 Å². The average Bonchev–Trinajstić information content (AvgIpc) is 3.16. The standard InChI is InChI=1S/C41H27N3/c1-3-10-28(11-4-1)33-22-23-35-27-36(25-24-34(35)26-33)41-43-39(31-13-5-2-6-14-31)42-40(44-41)32-20-18-30(19-21-32)38-17-9-15-29-12-7-8-16-37(29)38/h1-27H/i1D,3D,4D,10D,11D. The van der Waals surface area contributed by atoms with E-state index in [2.05, 4.69) is 54.6 Å². The van der Waals surface area contributed by atoms with E-state index in [0.29, 0.717) is 23.0 Å². The minimum atomic E-state index is -0.406. The maximum absolute atomic E-state index is 8.40. The van der Waals surface area contributed by atoms with E-state index in [1.165, 1.54) is 10.8 Å². The number of rotatable bonds is 5. The first-order valence-corrected chi connectivity index (χ1v) is 14.4. The topological polar surface area (TPSA) is 38.7 Å². The summed E-state index contributed by atoms with van der Waals surface area (Å²) in [5.41, 5.74) is 5.55. The highest BCUT2D eigenvalue weighted by molar-refractivity contribution is 5.97. The van der Waals surface area contributed by atoms with Gasteiger partial charge in [0.1, 0.15) is 0 Å². The minimum Gasteiger partial charge on any atom is -0.208 e. The van der Waals surface area contributed by atoms with E-state index in [9.17, 15) is 0 Å². The molecule has 7 aromatic carbocycles. The van der Waals surface area contributed by atoms with E-state index in [1.54, 1.807) is 6.07 Å². The van der Waals surface area contributed by atoms with Crippen LogP contribution in [0.5, 0.6) is 0 Å². The fourth-order valence-corrected chi connectivity index (χ4v) is 5.56. The Bertz CT molecular complexity index is 2520. The van der Waals surface area contributed by atoms with Crippen LogP contribution in [0.25, 0.3) is 78.0 Å². The quantitative estimate of drug-likeness (QED) is 0.208. The molecule has 0 saturated heterocycles. The number of nitrogens with zero attached hydrogens (tertiary/aromatic N) is 3. The molecule has 3 heteroatoms. The van der Waals surface area contributed by atoms with Crippen LogP contribution >= 0.6 is 0 Å². The van der Waals surface area contributed by atoms with Gasteiger partial charge in [0.2, 0.25) is 0 Å². The van der Waals surface area contributed by atoms with Crippen molar-refractivity contribution >= 4 is 21.5 Å². The van der Waals surface area contributed by atoms with Crippen molar-refractivity contribution in [2.24, 2.45) is 0 Å². The van der Waals surface area contributed by atoms with Crippen LogP contribution in [0.2, 0.25) is 0 Å². The van der Waals surface area contributed by atoms with Gasteiger partial charge in [-0.3, -0.25) is 0 Å². The molecule has 0 aliphatic carbocycles. The summed E-state index contributed by atoms with van der Waals surface area (Å²) in [6, 6.07) is 42.7. The van der Waals surface area contributed by atoms with E-state index in [1.807, 2.05) is 72.8 Å².